The van der Waals surface area contributed by atoms with Crippen LogP contribution in [0.5, 0.6) is 11.5 Å². The smallest absolute Gasteiger partial charge is 0.450 e. The molecule has 0 radical (unpaired) electrons. The maximum Gasteiger partial charge on any atom is 0.450 e. The van der Waals surface area contributed by atoms with Gasteiger partial charge < -0.3 is 33.7 Å². The van der Waals surface area contributed by atoms with Gasteiger partial charge in [0, 0.05) is 6.07 Å². The molecule has 0 spiro atoms. The molecule has 1 aromatic rings. The lowest BCUT2D eigenvalue weighted by molar-refractivity contribution is -0.171. The highest BCUT2D eigenvalue weighted by molar-refractivity contribution is 6.06. The molecular formula is C22H28F3NO8. The first-order valence-corrected chi connectivity index (χ1v) is 10.0. The highest BCUT2D eigenvalue weighted by Gasteiger charge is 2.39. The fraction of sp³-hybridized carbons (Fsp3) is 0.455. The van der Waals surface area contributed by atoms with Crippen molar-refractivity contribution in [1.29, 1.82) is 0 Å². The van der Waals surface area contributed by atoms with Gasteiger partial charge in [0.05, 0.1) is 36.8 Å². The summed E-state index contributed by atoms with van der Waals surface area (Å²) in [6, 6.07) is 4.33. The minimum atomic E-state index is -5.11. The van der Waals surface area contributed by atoms with Crippen LogP contribution in [0.4, 0.5) is 18.9 Å². The molecule has 0 aromatic heterocycles. The Morgan fingerprint density at radius 2 is 1.47 bits per heavy atom. The van der Waals surface area contributed by atoms with Crippen molar-refractivity contribution in [3.63, 3.8) is 0 Å². The fourth-order valence-electron chi connectivity index (χ4n) is 2.09. The molecule has 12 heteroatoms. The van der Waals surface area contributed by atoms with Crippen molar-refractivity contribution in [2.24, 2.45) is 0 Å². The lowest BCUT2D eigenvalue weighted by Crippen LogP contribution is -2.28. The number of amides is 1. The molecule has 0 atom stereocenters. The Balaban J connectivity index is 2.72. The van der Waals surface area contributed by atoms with E-state index in [4.69, 9.17) is 28.4 Å². The highest BCUT2D eigenvalue weighted by atomic mass is 19.4. The summed E-state index contributed by atoms with van der Waals surface area (Å²) in [5, 5.41) is 2.24. The number of allylic oxidation sites excluding steroid dienone is 2. The molecule has 0 fully saturated rings. The molecule has 1 aromatic carbocycles. The summed E-state index contributed by atoms with van der Waals surface area (Å²) in [6.45, 7) is 10.9. The molecule has 0 bridgehead atoms. The minimum absolute atomic E-state index is 0.000504. The Morgan fingerprint density at radius 1 is 0.912 bits per heavy atom. The maximum atomic E-state index is 12.5. The van der Waals surface area contributed by atoms with Gasteiger partial charge in [-0.2, -0.15) is 13.2 Å². The van der Waals surface area contributed by atoms with E-state index < -0.39 is 24.3 Å². The second-order valence-corrected chi connectivity index (χ2v) is 6.75. The summed E-state index contributed by atoms with van der Waals surface area (Å²) in [4.78, 5) is 23.1. The van der Waals surface area contributed by atoms with E-state index in [1.165, 1.54) is 18.2 Å². The van der Waals surface area contributed by atoms with Crippen molar-refractivity contribution in [2.45, 2.75) is 26.4 Å². The summed E-state index contributed by atoms with van der Waals surface area (Å²) in [5.74, 6) is -1.94. The number of ketones is 1. The van der Waals surface area contributed by atoms with Crippen molar-refractivity contribution in [3.8, 4) is 11.5 Å². The van der Waals surface area contributed by atoms with E-state index in [0.717, 1.165) is 0 Å². The molecule has 0 unspecified atom stereocenters. The second-order valence-electron chi connectivity index (χ2n) is 6.75. The molecular weight excluding hydrogens is 463 g/mol. The van der Waals surface area contributed by atoms with Gasteiger partial charge in [-0.05, 0) is 26.0 Å². The number of hydrogen-bond acceptors (Lipinski definition) is 8. The third-order valence-corrected chi connectivity index (χ3v) is 3.62. The Hall–Kier alpha value is -3.25. The van der Waals surface area contributed by atoms with Crippen molar-refractivity contribution in [2.75, 3.05) is 45.3 Å². The molecule has 1 amide bonds. The standard InChI is InChI=1S/C22H28F3NO8/c1-15(2)33-13-29-7-9-31-17-5-6-19(32-10-8-30-14-34-16(3)4)18(11-17)26-21(28)12-20(27)22(23,24)25/h5-6,11H,1,3,7-10,12-14H2,2,4H3,(H,26,28). The SMILES string of the molecule is C=C(C)OCOCCOc1ccc(OCCOCOC(=C)C)c(NC(=O)CC(=O)C(F)(F)F)c1. The van der Waals surface area contributed by atoms with Crippen molar-refractivity contribution < 1.29 is 51.2 Å². The number of halogens is 3. The predicted octanol–water partition coefficient (Wildman–Crippen LogP) is 3.95. The zero-order valence-electron chi connectivity index (χ0n) is 19.0. The number of Topliss-reactive ketones (excluding diaryl/α,β-unsaturated/α-hetero) is 1. The number of ether oxygens (including phenoxy) is 6. The number of nitrogens with one attached hydrogen (secondary N) is 1. The lowest BCUT2D eigenvalue weighted by atomic mass is 10.2. The topological polar surface area (TPSA) is 102 Å². The molecule has 34 heavy (non-hydrogen) atoms. The summed E-state index contributed by atoms with van der Waals surface area (Å²) in [6.07, 6.45) is -6.48. The zero-order chi connectivity index (χ0) is 25.6. The molecule has 0 saturated heterocycles. The number of alkyl halides is 3. The number of hydrogen-bond donors (Lipinski definition) is 1. The van der Waals surface area contributed by atoms with Gasteiger partial charge in [-0.3, -0.25) is 9.59 Å². The fourth-order valence-corrected chi connectivity index (χ4v) is 2.09. The van der Waals surface area contributed by atoms with Gasteiger partial charge in [0.1, 0.15) is 24.7 Å². The number of carbonyl (C=O) groups excluding carboxylic acids is 2. The molecule has 190 valence electrons. The van der Waals surface area contributed by atoms with Gasteiger partial charge in [0.15, 0.2) is 13.6 Å². The van der Waals surface area contributed by atoms with E-state index in [0.29, 0.717) is 11.5 Å². The number of anilines is 1. The van der Waals surface area contributed by atoms with E-state index in [1.54, 1.807) is 13.8 Å². The van der Waals surface area contributed by atoms with Crippen LogP contribution >= 0.6 is 0 Å². The largest absolute Gasteiger partial charge is 0.491 e. The normalized spacial score (nSPS) is 10.9. The number of carbonyl (C=O) groups is 2. The molecule has 1 rings (SSSR count). The molecule has 0 aliphatic carbocycles. The summed E-state index contributed by atoms with van der Waals surface area (Å²) < 4.78 is 68.8. The van der Waals surface area contributed by atoms with Gasteiger partial charge in [0.2, 0.25) is 11.7 Å². The predicted molar refractivity (Wildman–Crippen MR) is 115 cm³/mol. The van der Waals surface area contributed by atoms with Crippen molar-refractivity contribution in [1.82, 2.24) is 0 Å². The molecule has 0 heterocycles. The van der Waals surface area contributed by atoms with Gasteiger partial charge >= 0.3 is 6.18 Å². The van der Waals surface area contributed by atoms with E-state index in [1.807, 2.05) is 0 Å². The Morgan fingerprint density at radius 3 is 2.00 bits per heavy atom. The van der Waals surface area contributed by atoms with Crippen LogP contribution in [0.2, 0.25) is 0 Å². The van der Waals surface area contributed by atoms with E-state index in [-0.39, 0.29) is 57.2 Å². The van der Waals surface area contributed by atoms with Crippen molar-refractivity contribution in [3.05, 3.63) is 42.9 Å². The average Bonchev–Trinajstić information content (AvgIpc) is 2.73. The number of benzene rings is 1. The Labute approximate surface area is 195 Å². The first-order chi connectivity index (χ1) is 16.0. The van der Waals surface area contributed by atoms with Gasteiger partial charge in [-0.25, -0.2) is 0 Å². The third-order valence-electron chi connectivity index (χ3n) is 3.62. The molecule has 9 nitrogen and oxygen atoms in total. The third kappa shape index (κ3) is 12.7. The van der Waals surface area contributed by atoms with Crippen LogP contribution in [-0.4, -0.2) is 57.9 Å². The quantitative estimate of drug-likeness (QED) is 0.151. The van der Waals surface area contributed by atoms with E-state index in [9.17, 15) is 22.8 Å². The summed E-state index contributed by atoms with van der Waals surface area (Å²) in [7, 11) is 0. The van der Waals surface area contributed by atoms with Gasteiger partial charge in [0.25, 0.3) is 0 Å². The van der Waals surface area contributed by atoms with Crippen LogP contribution in [0, 0.1) is 0 Å². The average molecular weight is 491 g/mol. The van der Waals surface area contributed by atoms with E-state index in [2.05, 4.69) is 18.5 Å². The highest BCUT2D eigenvalue weighted by Crippen LogP contribution is 2.30. The van der Waals surface area contributed by atoms with Crippen LogP contribution in [-0.2, 0) is 28.5 Å². The van der Waals surface area contributed by atoms with Crippen LogP contribution in [0.25, 0.3) is 0 Å². The van der Waals surface area contributed by atoms with Gasteiger partial charge in [-0.15, -0.1) is 0 Å². The first kappa shape index (κ1) is 28.8. The van der Waals surface area contributed by atoms with Crippen molar-refractivity contribution >= 4 is 17.4 Å². The van der Waals surface area contributed by atoms with Crippen LogP contribution in [0.3, 0.4) is 0 Å². The van der Waals surface area contributed by atoms with Gasteiger partial charge in [-0.1, -0.05) is 13.2 Å². The van der Waals surface area contributed by atoms with Crippen LogP contribution in [0.15, 0.2) is 42.9 Å². The Kier molecular flexibility index (Phi) is 12.5. The summed E-state index contributed by atoms with van der Waals surface area (Å²) in [5.41, 5.74) is 0.0159. The molecule has 0 aliphatic heterocycles. The number of rotatable bonds is 17. The minimum Gasteiger partial charge on any atom is -0.491 e. The van der Waals surface area contributed by atoms with E-state index >= 15 is 0 Å². The molecule has 0 aliphatic rings. The summed E-state index contributed by atoms with van der Waals surface area (Å²) >= 11 is 0. The van der Waals surface area contributed by atoms with Crippen LogP contribution < -0.4 is 14.8 Å². The maximum absolute atomic E-state index is 12.5. The molecule has 1 N–H and O–H groups in total. The first-order valence-electron chi connectivity index (χ1n) is 10.0. The Bertz CT molecular complexity index is 842. The second kappa shape index (κ2) is 14.8. The zero-order valence-corrected chi connectivity index (χ0v) is 19.0. The monoisotopic (exact) mass is 491 g/mol. The lowest BCUT2D eigenvalue weighted by Gasteiger charge is -2.15. The molecule has 0 saturated carbocycles. The van der Waals surface area contributed by atoms with Crippen LogP contribution in [0.1, 0.15) is 20.3 Å².